The lowest BCUT2D eigenvalue weighted by Crippen LogP contribution is -2.42. The average Bonchev–Trinajstić information content (AvgIpc) is 3.24. The van der Waals surface area contributed by atoms with Crippen LogP contribution in [0.15, 0.2) is 30.5 Å². The van der Waals surface area contributed by atoms with Crippen LogP contribution in [0.5, 0.6) is 5.75 Å². The standard InChI is InChI=1S/C20H27N3O2/c1-2-3-8-19-21-9-15(22-19)10-23-11-17-16-6-4-5-7-18(16)25-14-20(17,12-23)13-24/h4-7,9,17,24H,2-3,8,10-14H2,1H3,(H,21,22)/t17-,20-/m1/s1. The van der Waals surface area contributed by atoms with E-state index in [2.05, 4.69) is 33.9 Å². The molecule has 5 heteroatoms. The number of rotatable bonds is 6. The number of fused-ring (bicyclic) bond motifs is 3. The number of H-pyrrole nitrogens is 1. The van der Waals surface area contributed by atoms with E-state index in [0.717, 1.165) is 43.3 Å². The number of unbranched alkanes of at least 4 members (excludes halogenated alkanes) is 1. The number of nitrogens with one attached hydrogen (secondary N) is 1. The summed E-state index contributed by atoms with van der Waals surface area (Å²) in [6, 6.07) is 8.26. The first-order chi connectivity index (χ1) is 12.2. The summed E-state index contributed by atoms with van der Waals surface area (Å²) in [5, 5.41) is 10.1. The molecule has 1 fully saturated rings. The highest BCUT2D eigenvalue weighted by Crippen LogP contribution is 2.49. The van der Waals surface area contributed by atoms with Crippen molar-refractivity contribution in [2.24, 2.45) is 5.41 Å². The second-order valence-corrected chi connectivity index (χ2v) is 7.53. The van der Waals surface area contributed by atoms with E-state index in [1.807, 2.05) is 18.3 Å². The lowest BCUT2D eigenvalue weighted by molar-refractivity contribution is 0.0457. The third kappa shape index (κ3) is 3.07. The third-order valence-electron chi connectivity index (χ3n) is 5.69. The van der Waals surface area contributed by atoms with Gasteiger partial charge in [-0.1, -0.05) is 31.5 Å². The van der Waals surface area contributed by atoms with Crippen molar-refractivity contribution in [2.45, 2.75) is 38.6 Å². The summed E-state index contributed by atoms with van der Waals surface area (Å²) in [5.41, 5.74) is 2.20. The molecule has 134 valence electrons. The molecule has 0 aliphatic carbocycles. The molecule has 1 aromatic carbocycles. The molecule has 2 aliphatic rings. The predicted octanol–water partition coefficient (Wildman–Crippen LogP) is 2.72. The summed E-state index contributed by atoms with van der Waals surface area (Å²) in [6.07, 6.45) is 5.33. The van der Waals surface area contributed by atoms with Gasteiger partial charge in [0.1, 0.15) is 11.6 Å². The Morgan fingerprint density at radius 3 is 3.12 bits per heavy atom. The Bertz CT molecular complexity index is 729. The molecular formula is C20H27N3O2. The van der Waals surface area contributed by atoms with Crippen molar-refractivity contribution in [2.75, 3.05) is 26.3 Å². The van der Waals surface area contributed by atoms with Crippen LogP contribution < -0.4 is 4.74 Å². The van der Waals surface area contributed by atoms with Crippen molar-refractivity contribution in [3.63, 3.8) is 0 Å². The Morgan fingerprint density at radius 2 is 2.28 bits per heavy atom. The van der Waals surface area contributed by atoms with Crippen molar-refractivity contribution >= 4 is 0 Å². The molecule has 2 N–H and O–H groups in total. The normalized spacial score (nSPS) is 25.4. The molecule has 0 spiro atoms. The summed E-state index contributed by atoms with van der Waals surface area (Å²) in [5.74, 6) is 2.38. The number of hydrogen-bond donors (Lipinski definition) is 2. The monoisotopic (exact) mass is 341 g/mol. The minimum absolute atomic E-state index is 0.160. The van der Waals surface area contributed by atoms with E-state index in [4.69, 9.17) is 4.74 Å². The van der Waals surface area contributed by atoms with Gasteiger partial charge in [-0.15, -0.1) is 0 Å². The van der Waals surface area contributed by atoms with E-state index in [9.17, 15) is 5.11 Å². The fourth-order valence-corrected chi connectivity index (χ4v) is 4.29. The van der Waals surface area contributed by atoms with Crippen LogP contribution in [-0.4, -0.2) is 46.3 Å². The number of aromatic amines is 1. The largest absolute Gasteiger partial charge is 0.493 e. The molecule has 2 aromatic rings. The quantitative estimate of drug-likeness (QED) is 0.848. The maximum Gasteiger partial charge on any atom is 0.122 e. The number of nitrogens with zero attached hydrogens (tertiary/aromatic N) is 2. The molecule has 0 unspecified atom stereocenters. The first kappa shape index (κ1) is 16.6. The number of aryl methyl sites for hydroxylation is 1. The van der Waals surface area contributed by atoms with Crippen LogP contribution in [0.3, 0.4) is 0 Å². The van der Waals surface area contributed by atoms with E-state index in [0.29, 0.717) is 12.5 Å². The van der Waals surface area contributed by atoms with Gasteiger partial charge in [0.25, 0.3) is 0 Å². The van der Waals surface area contributed by atoms with Crippen LogP contribution in [0.2, 0.25) is 0 Å². The molecule has 3 heterocycles. The summed E-state index contributed by atoms with van der Waals surface area (Å²) in [7, 11) is 0. The predicted molar refractivity (Wildman–Crippen MR) is 96.7 cm³/mol. The van der Waals surface area contributed by atoms with Gasteiger partial charge in [-0.3, -0.25) is 4.90 Å². The molecular weight excluding hydrogens is 314 g/mol. The van der Waals surface area contributed by atoms with Gasteiger partial charge in [0.15, 0.2) is 0 Å². The van der Waals surface area contributed by atoms with Crippen molar-refractivity contribution in [1.82, 2.24) is 14.9 Å². The van der Waals surface area contributed by atoms with E-state index in [1.165, 1.54) is 18.4 Å². The van der Waals surface area contributed by atoms with Gasteiger partial charge in [0, 0.05) is 49.3 Å². The Balaban J connectivity index is 1.50. The number of imidazole rings is 1. The van der Waals surface area contributed by atoms with Gasteiger partial charge < -0.3 is 14.8 Å². The number of likely N-dealkylation sites (tertiary alicyclic amines) is 1. The molecule has 4 rings (SSSR count). The average molecular weight is 341 g/mol. The third-order valence-corrected chi connectivity index (χ3v) is 5.69. The summed E-state index contributed by atoms with van der Waals surface area (Å²) in [6.45, 7) is 5.60. The molecule has 2 aliphatic heterocycles. The van der Waals surface area contributed by atoms with Crippen molar-refractivity contribution in [1.29, 1.82) is 0 Å². The molecule has 25 heavy (non-hydrogen) atoms. The van der Waals surface area contributed by atoms with Crippen LogP contribution in [0, 0.1) is 5.41 Å². The molecule has 0 radical (unpaired) electrons. The second kappa shape index (κ2) is 6.81. The smallest absolute Gasteiger partial charge is 0.122 e. The van der Waals surface area contributed by atoms with Crippen LogP contribution >= 0.6 is 0 Å². The highest BCUT2D eigenvalue weighted by Gasteiger charge is 2.50. The molecule has 5 nitrogen and oxygen atoms in total. The van der Waals surface area contributed by atoms with Crippen molar-refractivity contribution in [3.8, 4) is 5.75 Å². The van der Waals surface area contributed by atoms with Crippen LogP contribution in [0.25, 0.3) is 0 Å². The van der Waals surface area contributed by atoms with Crippen LogP contribution in [0.4, 0.5) is 0 Å². The number of aliphatic hydroxyl groups excluding tert-OH is 1. The highest BCUT2D eigenvalue weighted by atomic mass is 16.5. The topological polar surface area (TPSA) is 61.4 Å². The Kier molecular flexibility index (Phi) is 4.52. The minimum Gasteiger partial charge on any atom is -0.493 e. The molecule has 0 bridgehead atoms. The zero-order valence-electron chi connectivity index (χ0n) is 14.9. The zero-order chi connectivity index (χ0) is 17.3. The molecule has 0 amide bonds. The van der Waals surface area contributed by atoms with Crippen molar-refractivity contribution < 1.29 is 9.84 Å². The van der Waals surface area contributed by atoms with Gasteiger partial charge in [0.2, 0.25) is 0 Å². The summed E-state index contributed by atoms with van der Waals surface area (Å²) in [4.78, 5) is 10.4. The summed E-state index contributed by atoms with van der Waals surface area (Å²) >= 11 is 0. The number of aromatic nitrogens is 2. The fourth-order valence-electron chi connectivity index (χ4n) is 4.29. The SMILES string of the molecule is CCCCc1ncc(CN2C[C@@H]3c4ccccc4OC[C@]3(CO)C2)[nH]1. The van der Waals surface area contributed by atoms with Gasteiger partial charge in [0.05, 0.1) is 13.2 Å². The molecule has 1 saturated heterocycles. The van der Waals surface area contributed by atoms with E-state index in [1.54, 1.807) is 0 Å². The number of hydrogen-bond acceptors (Lipinski definition) is 4. The van der Waals surface area contributed by atoms with Gasteiger partial charge >= 0.3 is 0 Å². The lowest BCUT2D eigenvalue weighted by Gasteiger charge is -2.38. The number of aliphatic hydroxyl groups is 1. The van der Waals surface area contributed by atoms with Crippen LogP contribution in [0.1, 0.15) is 42.8 Å². The Morgan fingerprint density at radius 1 is 1.40 bits per heavy atom. The minimum atomic E-state index is -0.195. The maximum atomic E-state index is 10.1. The number of benzene rings is 1. The van der Waals surface area contributed by atoms with Crippen LogP contribution in [-0.2, 0) is 13.0 Å². The maximum absolute atomic E-state index is 10.1. The van der Waals surface area contributed by atoms with Crippen molar-refractivity contribution in [3.05, 3.63) is 47.5 Å². The number of ether oxygens (including phenoxy) is 1. The van der Waals surface area contributed by atoms with Gasteiger partial charge in [-0.25, -0.2) is 4.98 Å². The van der Waals surface area contributed by atoms with E-state index in [-0.39, 0.29) is 12.0 Å². The first-order valence-electron chi connectivity index (χ1n) is 9.32. The lowest BCUT2D eigenvalue weighted by atomic mass is 9.74. The van der Waals surface area contributed by atoms with Gasteiger partial charge in [-0.2, -0.15) is 0 Å². The highest BCUT2D eigenvalue weighted by molar-refractivity contribution is 5.41. The molecule has 1 aromatic heterocycles. The van der Waals surface area contributed by atoms with Gasteiger partial charge in [-0.05, 0) is 18.1 Å². The first-order valence-corrected chi connectivity index (χ1v) is 9.32. The van der Waals surface area contributed by atoms with E-state index >= 15 is 0 Å². The Hall–Kier alpha value is -1.85. The van der Waals surface area contributed by atoms with E-state index < -0.39 is 0 Å². The zero-order valence-corrected chi connectivity index (χ0v) is 14.9. The Labute approximate surface area is 149 Å². The number of para-hydroxylation sites is 1. The fraction of sp³-hybridized carbons (Fsp3) is 0.550. The summed E-state index contributed by atoms with van der Waals surface area (Å²) < 4.78 is 5.97. The molecule has 2 atom stereocenters. The molecule has 0 saturated carbocycles. The second-order valence-electron chi connectivity index (χ2n) is 7.53.